The maximum atomic E-state index is 6.25. The predicted octanol–water partition coefficient (Wildman–Crippen LogP) is 6.05. The van der Waals surface area contributed by atoms with E-state index in [9.17, 15) is 0 Å². The first-order valence-electron chi connectivity index (χ1n) is 6.61. The molecule has 0 saturated heterocycles. The lowest BCUT2D eigenvalue weighted by molar-refractivity contribution is 0.303. The van der Waals surface area contributed by atoms with Gasteiger partial charge in [-0.3, -0.25) is 0 Å². The van der Waals surface area contributed by atoms with Gasteiger partial charge in [-0.2, -0.15) is 0 Å². The lowest BCUT2D eigenvalue weighted by Gasteiger charge is -2.15. The lowest BCUT2D eigenvalue weighted by Crippen LogP contribution is -2.00. The molecule has 1 heterocycles. The van der Waals surface area contributed by atoms with Crippen LogP contribution in [0.15, 0.2) is 24.4 Å². The first-order valence-corrected chi connectivity index (χ1v) is 7.74. The summed E-state index contributed by atoms with van der Waals surface area (Å²) in [6.07, 6.45) is 1.62. The van der Waals surface area contributed by atoms with Crippen molar-refractivity contribution in [3.05, 3.63) is 56.3 Å². The van der Waals surface area contributed by atoms with Crippen molar-refractivity contribution in [2.24, 2.45) is 0 Å². The van der Waals surface area contributed by atoms with Crippen molar-refractivity contribution >= 4 is 34.8 Å². The minimum Gasteiger partial charge on any atom is -0.489 e. The third kappa shape index (κ3) is 4.03. The molecule has 0 N–H and O–H groups in total. The fraction of sp³-hybridized carbons (Fsp3) is 0.312. The Balaban J connectivity index is 2.21. The topological polar surface area (TPSA) is 22.1 Å². The van der Waals surface area contributed by atoms with Crippen molar-refractivity contribution in [1.82, 2.24) is 4.98 Å². The molecular weight excluding hydrogens is 329 g/mol. The summed E-state index contributed by atoms with van der Waals surface area (Å²) in [4.78, 5) is 4.01. The quantitative estimate of drug-likeness (QED) is 0.630. The summed E-state index contributed by atoms with van der Waals surface area (Å²) in [6, 6.07) is 5.52. The Labute approximate surface area is 140 Å². The van der Waals surface area contributed by atoms with E-state index in [1.807, 2.05) is 19.1 Å². The molecular formula is C16H16Cl3NO. The predicted molar refractivity (Wildman–Crippen MR) is 88.9 cm³/mol. The summed E-state index contributed by atoms with van der Waals surface area (Å²) in [7, 11) is 0. The van der Waals surface area contributed by atoms with Crippen LogP contribution in [-0.4, -0.2) is 4.98 Å². The van der Waals surface area contributed by atoms with Crippen LogP contribution in [-0.2, 0) is 6.61 Å². The normalized spacial score (nSPS) is 11.0. The van der Waals surface area contributed by atoms with Crippen LogP contribution in [0.3, 0.4) is 0 Å². The van der Waals surface area contributed by atoms with Crippen LogP contribution in [0.5, 0.6) is 5.75 Å². The first kappa shape index (κ1) is 16.4. The van der Waals surface area contributed by atoms with Gasteiger partial charge in [-0.25, -0.2) is 4.98 Å². The molecule has 0 spiro atoms. The van der Waals surface area contributed by atoms with Crippen molar-refractivity contribution in [1.29, 1.82) is 0 Å². The van der Waals surface area contributed by atoms with Crippen molar-refractivity contribution in [3.8, 4) is 5.75 Å². The monoisotopic (exact) mass is 343 g/mol. The molecule has 1 aromatic carbocycles. The summed E-state index contributed by atoms with van der Waals surface area (Å²) >= 11 is 18.2. The summed E-state index contributed by atoms with van der Waals surface area (Å²) in [5.74, 6) is 1.13. The van der Waals surface area contributed by atoms with E-state index in [0.717, 1.165) is 27.5 Å². The van der Waals surface area contributed by atoms with E-state index in [0.29, 0.717) is 22.7 Å². The fourth-order valence-corrected chi connectivity index (χ4v) is 2.82. The highest BCUT2D eigenvalue weighted by Crippen LogP contribution is 2.32. The summed E-state index contributed by atoms with van der Waals surface area (Å²) in [6.45, 7) is 6.50. The molecule has 21 heavy (non-hydrogen) atoms. The molecule has 0 aliphatic carbocycles. The zero-order valence-corrected chi connectivity index (χ0v) is 14.4. The van der Waals surface area contributed by atoms with Crippen LogP contribution >= 0.6 is 34.8 Å². The molecule has 2 nitrogen and oxygen atoms in total. The number of halogens is 3. The lowest BCUT2D eigenvalue weighted by atomic mass is 10.0. The molecule has 2 rings (SSSR count). The van der Waals surface area contributed by atoms with E-state index in [1.54, 1.807) is 12.3 Å². The van der Waals surface area contributed by atoms with E-state index in [1.165, 1.54) is 0 Å². The van der Waals surface area contributed by atoms with Gasteiger partial charge in [-0.1, -0.05) is 48.7 Å². The standard InChI is InChI=1S/C16H16Cl3NO/c1-9(2)12-5-15(10(3)4-14(12)18)21-8-11-7-20-16(19)6-13(11)17/h4-7,9H,8H2,1-3H3. The maximum absolute atomic E-state index is 6.25. The number of pyridine rings is 1. The Bertz CT molecular complexity index is 656. The van der Waals surface area contributed by atoms with E-state index in [4.69, 9.17) is 39.5 Å². The Morgan fingerprint density at radius 2 is 1.81 bits per heavy atom. The number of rotatable bonds is 4. The van der Waals surface area contributed by atoms with Gasteiger partial charge in [0, 0.05) is 16.8 Å². The molecule has 0 fully saturated rings. The molecule has 0 amide bonds. The number of nitrogens with zero attached hydrogens (tertiary/aromatic N) is 1. The largest absolute Gasteiger partial charge is 0.489 e. The second kappa shape index (κ2) is 6.87. The highest BCUT2D eigenvalue weighted by molar-refractivity contribution is 6.34. The molecule has 0 aliphatic heterocycles. The molecule has 0 saturated carbocycles. The van der Waals surface area contributed by atoms with E-state index in [2.05, 4.69) is 18.8 Å². The Morgan fingerprint density at radius 1 is 1.10 bits per heavy atom. The molecule has 1 aromatic heterocycles. The van der Waals surface area contributed by atoms with Crippen LogP contribution in [0, 0.1) is 6.92 Å². The molecule has 0 radical (unpaired) electrons. The first-order chi connectivity index (χ1) is 9.88. The van der Waals surface area contributed by atoms with Crippen LogP contribution < -0.4 is 4.74 Å². The van der Waals surface area contributed by atoms with Crippen LogP contribution in [0.1, 0.15) is 36.5 Å². The van der Waals surface area contributed by atoms with Gasteiger partial charge < -0.3 is 4.74 Å². The Morgan fingerprint density at radius 3 is 2.43 bits per heavy atom. The van der Waals surface area contributed by atoms with Gasteiger partial charge in [-0.05, 0) is 42.2 Å². The fourth-order valence-electron chi connectivity index (χ4n) is 1.96. The highest BCUT2D eigenvalue weighted by atomic mass is 35.5. The number of ether oxygens (including phenoxy) is 1. The zero-order valence-electron chi connectivity index (χ0n) is 12.1. The molecule has 0 aliphatic rings. The average Bonchev–Trinajstić information content (AvgIpc) is 2.39. The van der Waals surface area contributed by atoms with E-state index >= 15 is 0 Å². The molecule has 112 valence electrons. The number of hydrogen-bond acceptors (Lipinski definition) is 2. The van der Waals surface area contributed by atoms with Gasteiger partial charge in [0.1, 0.15) is 17.5 Å². The van der Waals surface area contributed by atoms with E-state index in [-0.39, 0.29) is 0 Å². The number of aromatic nitrogens is 1. The van der Waals surface area contributed by atoms with Crippen LogP contribution in [0.25, 0.3) is 0 Å². The summed E-state index contributed by atoms with van der Waals surface area (Å²) in [5, 5.41) is 1.68. The van der Waals surface area contributed by atoms with Crippen LogP contribution in [0.2, 0.25) is 15.2 Å². The average molecular weight is 345 g/mol. The minimum atomic E-state index is 0.334. The molecule has 0 atom stereocenters. The van der Waals surface area contributed by atoms with Gasteiger partial charge in [0.25, 0.3) is 0 Å². The molecule has 0 unspecified atom stereocenters. The summed E-state index contributed by atoms with van der Waals surface area (Å²) in [5.41, 5.74) is 2.85. The minimum absolute atomic E-state index is 0.334. The highest BCUT2D eigenvalue weighted by Gasteiger charge is 2.11. The smallest absolute Gasteiger partial charge is 0.130 e. The van der Waals surface area contributed by atoms with Crippen molar-refractivity contribution in [3.63, 3.8) is 0 Å². The molecule has 0 bridgehead atoms. The van der Waals surface area contributed by atoms with Crippen molar-refractivity contribution in [2.75, 3.05) is 0 Å². The number of aryl methyl sites for hydroxylation is 1. The Kier molecular flexibility index (Phi) is 5.37. The van der Waals surface area contributed by atoms with Gasteiger partial charge in [0.2, 0.25) is 0 Å². The molecule has 5 heteroatoms. The van der Waals surface area contributed by atoms with Gasteiger partial charge in [0.05, 0.1) is 5.02 Å². The third-order valence-electron chi connectivity index (χ3n) is 3.20. The molecule has 2 aromatic rings. The Hall–Kier alpha value is -0.960. The third-order valence-corrected chi connectivity index (χ3v) is 4.08. The van der Waals surface area contributed by atoms with Crippen LogP contribution in [0.4, 0.5) is 0 Å². The zero-order chi connectivity index (χ0) is 15.6. The SMILES string of the molecule is Cc1cc(Cl)c(C(C)C)cc1OCc1cnc(Cl)cc1Cl. The second-order valence-electron chi connectivity index (χ2n) is 5.18. The van der Waals surface area contributed by atoms with Gasteiger partial charge in [-0.15, -0.1) is 0 Å². The van der Waals surface area contributed by atoms with Crippen molar-refractivity contribution < 1.29 is 4.74 Å². The maximum Gasteiger partial charge on any atom is 0.130 e. The van der Waals surface area contributed by atoms with Gasteiger partial charge in [0.15, 0.2) is 0 Å². The van der Waals surface area contributed by atoms with E-state index < -0.39 is 0 Å². The second-order valence-corrected chi connectivity index (χ2v) is 6.38. The number of hydrogen-bond donors (Lipinski definition) is 0. The van der Waals surface area contributed by atoms with Gasteiger partial charge >= 0.3 is 0 Å². The number of benzene rings is 1. The van der Waals surface area contributed by atoms with Crippen molar-refractivity contribution in [2.45, 2.75) is 33.3 Å². The summed E-state index contributed by atoms with van der Waals surface area (Å²) < 4.78 is 5.86.